The summed E-state index contributed by atoms with van der Waals surface area (Å²) in [6, 6.07) is 6.03. The highest BCUT2D eigenvalue weighted by molar-refractivity contribution is 9.10. The highest BCUT2D eigenvalue weighted by Gasteiger charge is 2.08. The molecule has 10 heteroatoms. The number of halogens is 1. The molecule has 0 aliphatic rings. The molecule has 0 saturated heterocycles. The summed E-state index contributed by atoms with van der Waals surface area (Å²) in [4.78, 5) is 8.61. The first-order valence-corrected chi connectivity index (χ1v) is 9.60. The first kappa shape index (κ1) is 18.6. The lowest BCUT2D eigenvalue weighted by Crippen LogP contribution is -2.12. The van der Waals surface area contributed by atoms with Gasteiger partial charge in [-0.05, 0) is 59.6 Å². The molecule has 24 heavy (non-hydrogen) atoms. The van der Waals surface area contributed by atoms with Crippen molar-refractivity contribution in [2.45, 2.75) is 17.7 Å². The number of primary sulfonamides is 1. The number of nitrogens with zero attached hydrogens (tertiary/aromatic N) is 2. The van der Waals surface area contributed by atoms with Gasteiger partial charge in [-0.1, -0.05) is 0 Å². The predicted molar refractivity (Wildman–Crippen MR) is 97.6 cm³/mol. The molecule has 0 bridgehead atoms. The van der Waals surface area contributed by atoms with Gasteiger partial charge < -0.3 is 16.4 Å². The SMILES string of the molecule is NCCCCNc1nc(Nc2ccc(S(N)(=O)=O)cc2)ncc1Br. The van der Waals surface area contributed by atoms with Crippen LogP contribution in [0.1, 0.15) is 12.8 Å². The molecule has 8 nitrogen and oxygen atoms in total. The molecule has 2 rings (SSSR count). The van der Waals surface area contributed by atoms with Crippen LogP contribution in [0.25, 0.3) is 0 Å². The van der Waals surface area contributed by atoms with Gasteiger partial charge in [0.05, 0.1) is 9.37 Å². The first-order valence-electron chi connectivity index (χ1n) is 7.26. The van der Waals surface area contributed by atoms with E-state index in [-0.39, 0.29) is 4.90 Å². The zero-order valence-electron chi connectivity index (χ0n) is 12.9. The van der Waals surface area contributed by atoms with Crippen LogP contribution in [0.4, 0.5) is 17.5 Å². The van der Waals surface area contributed by atoms with Gasteiger partial charge in [-0.3, -0.25) is 0 Å². The largest absolute Gasteiger partial charge is 0.369 e. The smallest absolute Gasteiger partial charge is 0.238 e. The molecule has 0 aliphatic heterocycles. The molecule has 0 amide bonds. The van der Waals surface area contributed by atoms with Crippen LogP contribution >= 0.6 is 15.9 Å². The minimum atomic E-state index is -3.70. The minimum absolute atomic E-state index is 0.0482. The van der Waals surface area contributed by atoms with Crippen molar-refractivity contribution in [1.82, 2.24) is 9.97 Å². The summed E-state index contributed by atoms with van der Waals surface area (Å²) in [5.74, 6) is 1.06. The maximum absolute atomic E-state index is 11.2. The van der Waals surface area contributed by atoms with Crippen molar-refractivity contribution >= 4 is 43.4 Å². The summed E-state index contributed by atoms with van der Waals surface area (Å²) in [6.07, 6.45) is 3.53. The van der Waals surface area contributed by atoms with Crippen molar-refractivity contribution in [3.05, 3.63) is 34.9 Å². The fourth-order valence-corrected chi connectivity index (χ4v) is 2.73. The Balaban J connectivity index is 2.07. The van der Waals surface area contributed by atoms with Crippen molar-refractivity contribution < 1.29 is 8.42 Å². The van der Waals surface area contributed by atoms with E-state index in [2.05, 4.69) is 36.5 Å². The molecule has 0 spiro atoms. The topological polar surface area (TPSA) is 136 Å². The molecule has 6 N–H and O–H groups in total. The van der Waals surface area contributed by atoms with Crippen LogP contribution in [0.15, 0.2) is 39.8 Å². The second-order valence-corrected chi connectivity index (χ2v) is 7.42. The van der Waals surface area contributed by atoms with Gasteiger partial charge >= 0.3 is 0 Å². The van der Waals surface area contributed by atoms with Crippen molar-refractivity contribution in [3.63, 3.8) is 0 Å². The maximum Gasteiger partial charge on any atom is 0.238 e. The Labute approximate surface area is 149 Å². The Bertz CT molecular complexity index is 782. The quantitative estimate of drug-likeness (QED) is 0.483. The first-order chi connectivity index (χ1) is 11.4. The van der Waals surface area contributed by atoms with Crippen LogP contribution in [-0.2, 0) is 10.0 Å². The number of sulfonamides is 1. The van der Waals surface area contributed by atoms with Gasteiger partial charge in [0.25, 0.3) is 0 Å². The highest BCUT2D eigenvalue weighted by atomic mass is 79.9. The van der Waals surface area contributed by atoms with E-state index in [0.717, 1.165) is 23.9 Å². The van der Waals surface area contributed by atoms with Crippen LogP contribution in [0.5, 0.6) is 0 Å². The fourth-order valence-electron chi connectivity index (χ4n) is 1.88. The number of anilines is 3. The number of rotatable bonds is 8. The van der Waals surface area contributed by atoms with Gasteiger partial charge in [-0.15, -0.1) is 0 Å². The molecule has 0 aliphatic carbocycles. The Morgan fingerprint density at radius 3 is 2.50 bits per heavy atom. The van der Waals surface area contributed by atoms with Crippen LogP contribution < -0.4 is 21.5 Å². The molecule has 1 heterocycles. The van der Waals surface area contributed by atoms with E-state index >= 15 is 0 Å². The zero-order chi connectivity index (χ0) is 17.6. The van der Waals surface area contributed by atoms with E-state index < -0.39 is 10.0 Å². The monoisotopic (exact) mass is 414 g/mol. The fraction of sp³-hybridized carbons (Fsp3) is 0.286. The Morgan fingerprint density at radius 1 is 1.17 bits per heavy atom. The molecule has 0 unspecified atom stereocenters. The van der Waals surface area contributed by atoms with Gasteiger partial charge in [-0.25, -0.2) is 18.5 Å². The Hall–Kier alpha value is -1.75. The molecule has 0 fully saturated rings. The standard InChI is InChI=1S/C14H19BrN6O2S/c15-12-9-19-14(21-13(12)18-8-2-1-7-16)20-10-3-5-11(6-4-10)24(17,22)23/h3-6,9H,1-2,7-8,16H2,(H2,17,22,23)(H2,18,19,20,21). The molecule has 1 aromatic carbocycles. The minimum Gasteiger partial charge on any atom is -0.369 e. The third-order valence-electron chi connectivity index (χ3n) is 3.11. The third-order valence-corrected chi connectivity index (χ3v) is 4.62. The molecular formula is C14H19BrN6O2S. The number of nitrogens with two attached hydrogens (primary N) is 2. The molecule has 0 saturated carbocycles. The number of hydrogen-bond acceptors (Lipinski definition) is 7. The second kappa shape index (κ2) is 8.38. The normalized spacial score (nSPS) is 11.3. The van der Waals surface area contributed by atoms with Crippen molar-refractivity contribution in [3.8, 4) is 0 Å². The lowest BCUT2D eigenvalue weighted by Gasteiger charge is -2.10. The summed E-state index contributed by atoms with van der Waals surface area (Å²) in [6.45, 7) is 1.42. The number of benzene rings is 1. The zero-order valence-corrected chi connectivity index (χ0v) is 15.3. The lowest BCUT2D eigenvalue weighted by molar-refractivity contribution is 0.598. The average molecular weight is 415 g/mol. The maximum atomic E-state index is 11.2. The predicted octanol–water partition coefficient (Wildman–Crippen LogP) is 1.78. The molecule has 2 aromatic rings. The summed E-state index contributed by atoms with van der Waals surface area (Å²) in [5, 5.41) is 11.3. The van der Waals surface area contributed by atoms with Gasteiger partial charge in [0, 0.05) is 18.4 Å². The summed E-state index contributed by atoms with van der Waals surface area (Å²) in [7, 11) is -3.70. The van der Waals surface area contributed by atoms with E-state index in [1.54, 1.807) is 18.3 Å². The van der Waals surface area contributed by atoms with Gasteiger partial charge in [0.15, 0.2) is 0 Å². The van der Waals surface area contributed by atoms with Gasteiger partial charge in [0.2, 0.25) is 16.0 Å². The summed E-state index contributed by atoms with van der Waals surface area (Å²) < 4.78 is 23.2. The molecule has 0 atom stereocenters. The molecular weight excluding hydrogens is 396 g/mol. The summed E-state index contributed by atoms with van der Waals surface area (Å²) >= 11 is 3.40. The molecule has 0 radical (unpaired) electrons. The van der Waals surface area contributed by atoms with Crippen molar-refractivity contribution in [1.29, 1.82) is 0 Å². The highest BCUT2D eigenvalue weighted by Crippen LogP contribution is 2.22. The van der Waals surface area contributed by atoms with Crippen LogP contribution in [-0.4, -0.2) is 31.5 Å². The number of nitrogens with one attached hydrogen (secondary N) is 2. The van der Waals surface area contributed by atoms with E-state index in [0.29, 0.717) is 24.0 Å². The van der Waals surface area contributed by atoms with Crippen molar-refractivity contribution in [2.75, 3.05) is 23.7 Å². The third kappa shape index (κ3) is 5.41. The molecule has 1 aromatic heterocycles. The Kier molecular flexibility index (Phi) is 6.49. The van der Waals surface area contributed by atoms with Crippen molar-refractivity contribution in [2.24, 2.45) is 10.9 Å². The van der Waals surface area contributed by atoms with E-state index in [9.17, 15) is 8.42 Å². The van der Waals surface area contributed by atoms with Crippen LogP contribution in [0.3, 0.4) is 0 Å². The lowest BCUT2D eigenvalue weighted by atomic mass is 10.3. The number of unbranched alkanes of at least 4 members (excludes halogenated alkanes) is 1. The van der Waals surface area contributed by atoms with E-state index in [1.165, 1.54) is 12.1 Å². The van der Waals surface area contributed by atoms with Crippen LogP contribution in [0.2, 0.25) is 0 Å². The number of aromatic nitrogens is 2. The van der Waals surface area contributed by atoms with Crippen LogP contribution in [0, 0.1) is 0 Å². The van der Waals surface area contributed by atoms with E-state index in [1.807, 2.05) is 0 Å². The second-order valence-electron chi connectivity index (χ2n) is 5.01. The van der Waals surface area contributed by atoms with Gasteiger partial charge in [-0.2, -0.15) is 4.98 Å². The van der Waals surface area contributed by atoms with Gasteiger partial charge in [0.1, 0.15) is 5.82 Å². The van der Waals surface area contributed by atoms with E-state index in [4.69, 9.17) is 10.9 Å². The average Bonchev–Trinajstić information content (AvgIpc) is 2.54. The summed E-state index contributed by atoms with van der Waals surface area (Å²) in [5.41, 5.74) is 6.12. The molecule has 130 valence electrons. The number of hydrogen-bond donors (Lipinski definition) is 4. The Morgan fingerprint density at radius 2 is 1.88 bits per heavy atom.